The van der Waals surface area contributed by atoms with E-state index in [0.717, 1.165) is 30.1 Å². The van der Waals surface area contributed by atoms with Crippen LogP contribution in [0.3, 0.4) is 0 Å². The van der Waals surface area contributed by atoms with Crippen molar-refractivity contribution in [3.63, 3.8) is 0 Å². The Labute approximate surface area is 119 Å². The fourth-order valence-electron chi connectivity index (χ4n) is 3.07. The number of fused-ring (bicyclic) bond motifs is 1. The van der Waals surface area contributed by atoms with Crippen LogP contribution in [0.25, 0.3) is 10.9 Å². The van der Waals surface area contributed by atoms with Gasteiger partial charge < -0.3 is 0 Å². The summed E-state index contributed by atoms with van der Waals surface area (Å²) >= 11 is 6.33. The molecule has 19 heavy (non-hydrogen) atoms. The van der Waals surface area contributed by atoms with Crippen LogP contribution in [-0.2, 0) is 6.54 Å². The van der Waals surface area contributed by atoms with Crippen LogP contribution in [-0.4, -0.2) is 22.5 Å². The van der Waals surface area contributed by atoms with Gasteiger partial charge in [-0.15, -0.1) is 0 Å². The lowest BCUT2D eigenvalue weighted by Crippen LogP contribution is -2.26. The molecule has 0 amide bonds. The Morgan fingerprint density at radius 2 is 2.11 bits per heavy atom. The van der Waals surface area contributed by atoms with Gasteiger partial charge in [-0.05, 0) is 31.4 Å². The molecule has 1 saturated heterocycles. The zero-order chi connectivity index (χ0) is 13.4. The number of pyridine rings is 1. The van der Waals surface area contributed by atoms with Crippen molar-refractivity contribution in [2.24, 2.45) is 5.92 Å². The number of likely N-dealkylation sites (tertiary alicyclic amines) is 1. The fraction of sp³-hybridized carbons (Fsp3) is 0.438. The van der Waals surface area contributed by atoms with Gasteiger partial charge in [0.1, 0.15) is 5.15 Å². The molecule has 100 valence electrons. The monoisotopic (exact) mass is 274 g/mol. The minimum atomic E-state index is 0.637. The van der Waals surface area contributed by atoms with E-state index >= 15 is 0 Å². The molecule has 3 rings (SSSR count). The van der Waals surface area contributed by atoms with E-state index in [-0.39, 0.29) is 0 Å². The zero-order valence-electron chi connectivity index (χ0n) is 11.4. The topological polar surface area (TPSA) is 16.1 Å². The van der Waals surface area contributed by atoms with Crippen molar-refractivity contribution in [1.82, 2.24) is 9.88 Å². The number of hydrogen-bond donors (Lipinski definition) is 0. The van der Waals surface area contributed by atoms with Gasteiger partial charge in [0.25, 0.3) is 0 Å². The van der Waals surface area contributed by atoms with Crippen LogP contribution in [0.15, 0.2) is 30.3 Å². The Bertz CT molecular complexity index is 596. The highest BCUT2D eigenvalue weighted by Crippen LogP contribution is 2.27. The van der Waals surface area contributed by atoms with E-state index in [1.165, 1.54) is 11.8 Å². The molecule has 2 unspecified atom stereocenters. The first-order valence-corrected chi connectivity index (χ1v) is 7.29. The van der Waals surface area contributed by atoms with Crippen LogP contribution >= 0.6 is 11.6 Å². The normalized spacial score (nSPS) is 24.2. The van der Waals surface area contributed by atoms with Crippen molar-refractivity contribution in [2.45, 2.75) is 32.9 Å². The first-order chi connectivity index (χ1) is 9.13. The summed E-state index contributed by atoms with van der Waals surface area (Å²) < 4.78 is 0. The van der Waals surface area contributed by atoms with Gasteiger partial charge in [-0.25, -0.2) is 4.98 Å². The summed E-state index contributed by atoms with van der Waals surface area (Å²) in [6.45, 7) is 6.68. The van der Waals surface area contributed by atoms with Gasteiger partial charge in [0.2, 0.25) is 0 Å². The van der Waals surface area contributed by atoms with E-state index in [4.69, 9.17) is 11.6 Å². The van der Waals surface area contributed by atoms with E-state index < -0.39 is 0 Å². The molecule has 1 fully saturated rings. The number of rotatable bonds is 2. The maximum absolute atomic E-state index is 6.33. The maximum atomic E-state index is 6.33. The van der Waals surface area contributed by atoms with Crippen molar-refractivity contribution < 1.29 is 0 Å². The third kappa shape index (κ3) is 2.60. The molecule has 1 aromatic heterocycles. The van der Waals surface area contributed by atoms with Crippen LogP contribution in [0.4, 0.5) is 0 Å². The molecule has 0 bridgehead atoms. The molecular weight excluding hydrogens is 256 g/mol. The first kappa shape index (κ1) is 12.9. The molecule has 1 aliphatic heterocycles. The Morgan fingerprint density at radius 3 is 2.84 bits per heavy atom. The van der Waals surface area contributed by atoms with Gasteiger partial charge in [-0.1, -0.05) is 36.7 Å². The van der Waals surface area contributed by atoms with E-state index in [1.807, 2.05) is 18.2 Å². The number of aromatic nitrogens is 1. The summed E-state index contributed by atoms with van der Waals surface area (Å²) in [6, 6.07) is 11.0. The van der Waals surface area contributed by atoms with Crippen LogP contribution in [0.1, 0.15) is 25.8 Å². The Balaban J connectivity index is 1.90. The second kappa shape index (κ2) is 5.10. The molecule has 3 heteroatoms. The molecular formula is C16H19ClN2. The van der Waals surface area contributed by atoms with Crippen molar-refractivity contribution in [3.8, 4) is 0 Å². The molecule has 0 aliphatic carbocycles. The largest absolute Gasteiger partial charge is 0.296 e. The molecule has 1 aliphatic rings. The summed E-state index contributed by atoms with van der Waals surface area (Å²) in [5.41, 5.74) is 2.11. The molecule has 0 spiro atoms. The third-order valence-corrected chi connectivity index (χ3v) is 4.36. The second-order valence-corrected chi connectivity index (χ2v) is 6.11. The van der Waals surface area contributed by atoms with Gasteiger partial charge in [-0.2, -0.15) is 0 Å². The number of hydrogen-bond acceptors (Lipinski definition) is 2. The second-order valence-electron chi connectivity index (χ2n) is 5.75. The first-order valence-electron chi connectivity index (χ1n) is 6.91. The van der Waals surface area contributed by atoms with Crippen molar-refractivity contribution in [3.05, 3.63) is 41.0 Å². The predicted molar refractivity (Wildman–Crippen MR) is 80.4 cm³/mol. The smallest absolute Gasteiger partial charge is 0.134 e. The zero-order valence-corrected chi connectivity index (χ0v) is 12.2. The Hall–Kier alpha value is -1.12. The lowest BCUT2D eigenvalue weighted by atomic mass is 10.1. The number of nitrogens with zero attached hydrogens (tertiary/aromatic N) is 2. The third-order valence-electron chi connectivity index (χ3n) is 4.04. The minimum absolute atomic E-state index is 0.637. The van der Waals surface area contributed by atoms with Crippen LogP contribution in [0.5, 0.6) is 0 Å². The molecule has 0 N–H and O–H groups in total. The molecule has 2 atom stereocenters. The Morgan fingerprint density at radius 1 is 1.32 bits per heavy atom. The predicted octanol–water partition coefficient (Wildman–Crippen LogP) is 4.12. The summed E-state index contributed by atoms with van der Waals surface area (Å²) in [5.74, 6) is 0.780. The summed E-state index contributed by atoms with van der Waals surface area (Å²) in [4.78, 5) is 7.00. The maximum Gasteiger partial charge on any atom is 0.134 e. The van der Waals surface area contributed by atoms with E-state index in [2.05, 4.69) is 35.9 Å². The van der Waals surface area contributed by atoms with Crippen molar-refractivity contribution >= 4 is 22.5 Å². The van der Waals surface area contributed by atoms with Crippen LogP contribution in [0, 0.1) is 5.92 Å². The van der Waals surface area contributed by atoms with Crippen molar-refractivity contribution in [1.29, 1.82) is 0 Å². The summed E-state index contributed by atoms with van der Waals surface area (Å²) in [7, 11) is 0. The number of halogens is 1. The molecule has 1 aromatic carbocycles. The van der Waals surface area contributed by atoms with Crippen LogP contribution in [0.2, 0.25) is 5.15 Å². The number of para-hydroxylation sites is 1. The Kier molecular flexibility index (Phi) is 3.46. The average Bonchev–Trinajstić information content (AvgIpc) is 2.69. The fourth-order valence-corrected chi connectivity index (χ4v) is 3.28. The average molecular weight is 275 g/mol. The lowest BCUT2D eigenvalue weighted by Gasteiger charge is -2.21. The van der Waals surface area contributed by atoms with Gasteiger partial charge >= 0.3 is 0 Å². The van der Waals surface area contributed by atoms with Gasteiger partial charge in [0.15, 0.2) is 0 Å². The van der Waals surface area contributed by atoms with E-state index in [0.29, 0.717) is 11.2 Å². The van der Waals surface area contributed by atoms with Gasteiger partial charge in [0, 0.05) is 30.1 Å². The SMILES string of the molecule is CC1CC(C)N(Cc2cc3ccccc3nc2Cl)C1. The van der Waals surface area contributed by atoms with E-state index in [9.17, 15) is 0 Å². The summed E-state index contributed by atoms with van der Waals surface area (Å²) in [5, 5.41) is 1.81. The summed E-state index contributed by atoms with van der Waals surface area (Å²) in [6.07, 6.45) is 1.28. The molecule has 2 nitrogen and oxygen atoms in total. The molecule has 2 aromatic rings. The highest BCUT2D eigenvalue weighted by Gasteiger charge is 2.26. The molecule has 2 heterocycles. The van der Waals surface area contributed by atoms with Crippen molar-refractivity contribution in [2.75, 3.05) is 6.54 Å². The lowest BCUT2D eigenvalue weighted by molar-refractivity contribution is 0.256. The molecule has 0 radical (unpaired) electrons. The van der Waals surface area contributed by atoms with Gasteiger partial charge in [0.05, 0.1) is 5.52 Å². The van der Waals surface area contributed by atoms with Gasteiger partial charge in [-0.3, -0.25) is 4.90 Å². The number of benzene rings is 1. The highest BCUT2D eigenvalue weighted by atomic mass is 35.5. The standard InChI is InChI=1S/C16H19ClN2/c1-11-7-12(2)19(9-11)10-14-8-13-5-3-4-6-15(13)18-16(14)17/h3-6,8,11-12H,7,9-10H2,1-2H3. The minimum Gasteiger partial charge on any atom is -0.296 e. The van der Waals surface area contributed by atoms with Crippen LogP contribution < -0.4 is 0 Å². The van der Waals surface area contributed by atoms with E-state index in [1.54, 1.807) is 0 Å². The highest BCUT2D eigenvalue weighted by molar-refractivity contribution is 6.30. The molecule has 0 saturated carbocycles. The quantitative estimate of drug-likeness (QED) is 0.766.